The number of hydrogen-bond donors (Lipinski definition) is 1. The first-order chi connectivity index (χ1) is 13.1. The van der Waals surface area contributed by atoms with Gasteiger partial charge in [-0.2, -0.15) is 0 Å². The van der Waals surface area contributed by atoms with Gasteiger partial charge in [0.1, 0.15) is 5.82 Å². The third-order valence-electron chi connectivity index (χ3n) is 4.96. The van der Waals surface area contributed by atoms with Gasteiger partial charge < -0.3 is 24.6 Å². The zero-order chi connectivity index (χ0) is 19.2. The van der Waals surface area contributed by atoms with Gasteiger partial charge >= 0.3 is 0 Å². The molecule has 0 saturated carbocycles. The first-order valence-corrected chi connectivity index (χ1v) is 9.72. The molecule has 0 atom stereocenters. The lowest BCUT2D eigenvalue weighted by atomic mass is 10.2. The van der Waals surface area contributed by atoms with Gasteiger partial charge in [-0.25, -0.2) is 9.97 Å². The standard InChI is InChI=1S/C19H28ClN5O2/c1-24-8-10-25(11-9-24)7-5-4-6-21-18-14-12-16(26-2)17(27-3)13-15(14)22-19(20)23-18/h12-13H,4-11H2,1-3H3,(H,21,22,23). The number of hydrogen-bond acceptors (Lipinski definition) is 7. The highest BCUT2D eigenvalue weighted by atomic mass is 35.5. The normalized spacial score (nSPS) is 15.9. The van der Waals surface area contributed by atoms with E-state index in [1.807, 2.05) is 12.1 Å². The molecule has 1 saturated heterocycles. The van der Waals surface area contributed by atoms with Gasteiger partial charge in [0.15, 0.2) is 11.5 Å². The second-order valence-electron chi connectivity index (χ2n) is 6.84. The Morgan fingerprint density at radius 1 is 1.04 bits per heavy atom. The van der Waals surface area contributed by atoms with Gasteiger partial charge in [-0.05, 0) is 44.1 Å². The fourth-order valence-corrected chi connectivity index (χ4v) is 3.48. The van der Waals surface area contributed by atoms with Crippen molar-refractivity contribution >= 4 is 28.3 Å². The number of aromatic nitrogens is 2. The summed E-state index contributed by atoms with van der Waals surface area (Å²) in [5.74, 6) is 2.00. The third kappa shape index (κ3) is 5.12. The quantitative estimate of drug-likeness (QED) is 0.546. The molecule has 1 aromatic carbocycles. The molecule has 27 heavy (non-hydrogen) atoms. The van der Waals surface area contributed by atoms with E-state index in [9.17, 15) is 0 Å². The molecule has 1 fully saturated rings. The van der Waals surface area contributed by atoms with Crippen LogP contribution in [0.1, 0.15) is 12.8 Å². The highest BCUT2D eigenvalue weighted by molar-refractivity contribution is 6.28. The minimum Gasteiger partial charge on any atom is -0.493 e. The number of rotatable bonds is 8. The number of halogens is 1. The summed E-state index contributed by atoms with van der Waals surface area (Å²) >= 11 is 6.10. The van der Waals surface area contributed by atoms with Crippen molar-refractivity contribution in [1.29, 1.82) is 0 Å². The van der Waals surface area contributed by atoms with Gasteiger partial charge in [-0.15, -0.1) is 0 Å². The summed E-state index contributed by atoms with van der Waals surface area (Å²) in [6.07, 6.45) is 2.23. The molecule has 0 aliphatic carbocycles. The highest BCUT2D eigenvalue weighted by Crippen LogP contribution is 2.34. The molecule has 1 N–H and O–H groups in total. The molecule has 0 unspecified atom stereocenters. The van der Waals surface area contributed by atoms with Crippen LogP contribution >= 0.6 is 11.6 Å². The Morgan fingerprint density at radius 2 is 1.74 bits per heavy atom. The van der Waals surface area contributed by atoms with Gasteiger partial charge in [-0.3, -0.25) is 0 Å². The maximum Gasteiger partial charge on any atom is 0.224 e. The molecule has 2 heterocycles. The predicted molar refractivity (Wildman–Crippen MR) is 109 cm³/mol. The Labute approximate surface area is 165 Å². The molecule has 7 nitrogen and oxygen atoms in total. The Hall–Kier alpha value is -1.83. The minimum absolute atomic E-state index is 0.217. The van der Waals surface area contributed by atoms with Crippen molar-refractivity contribution in [3.05, 3.63) is 17.4 Å². The number of ether oxygens (including phenoxy) is 2. The summed E-state index contributed by atoms with van der Waals surface area (Å²) in [4.78, 5) is 13.6. The largest absolute Gasteiger partial charge is 0.493 e. The Morgan fingerprint density at radius 3 is 2.44 bits per heavy atom. The van der Waals surface area contributed by atoms with E-state index in [0.717, 1.165) is 68.8 Å². The van der Waals surface area contributed by atoms with E-state index in [1.54, 1.807) is 14.2 Å². The lowest BCUT2D eigenvalue weighted by Crippen LogP contribution is -2.44. The molecule has 8 heteroatoms. The second kappa shape index (κ2) is 9.39. The van der Waals surface area contributed by atoms with Gasteiger partial charge in [0, 0.05) is 44.2 Å². The fraction of sp³-hybridized carbons (Fsp3) is 0.579. The van der Waals surface area contributed by atoms with E-state index in [-0.39, 0.29) is 5.28 Å². The van der Waals surface area contributed by atoms with Crippen LogP contribution in [-0.4, -0.2) is 80.3 Å². The summed E-state index contributed by atoms with van der Waals surface area (Å²) in [6, 6.07) is 3.71. The maximum atomic E-state index is 6.10. The maximum absolute atomic E-state index is 6.10. The fourth-order valence-electron chi connectivity index (χ4n) is 3.30. The van der Waals surface area contributed by atoms with Crippen LogP contribution in [0.3, 0.4) is 0 Å². The van der Waals surface area contributed by atoms with E-state index in [2.05, 4.69) is 32.1 Å². The van der Waals surface area contributed by atoms with Crippen molar-refractivity contribution in [2.45, 2.75) is 12.8 Å². The summed E-state index contributed by atoms with van der Waals surface area (Å²) in [6.45, 7) is 6.63. The molecular formula is C19H28ClN5O2. The summed E-state index contributed by atoms with van der Waals surface area (Å²) in [5.41, 5.74) is 0.729. The SMILES string of the molecule is COc1cc2nc(Cl)nc(NCCCCN3CCN(C)CC3)c2cc1OC. The van der Waals surface area contributed by atoms with Crippen LogP contribution in [-0.2, 0) is 0 Å². The van der Waals surface area contributed by atoms with Crippen LogP contribution in [0.25, 0.3) is 10.9 Å². The first-order valence-electron chi connectivity index (χ1n) is 9.34. The summed E-state index contributed by atoms with van der Waals surface area (Å²) in [7, 11) is 5.40. The average molecular weight is 394 g/mol. The molecule has 1 aliphatic rings. The topological polar surface area (TPSA) is 62.8 Å². The van der Waals surface area contributed by atoms with Gasteiger partial charge in [-0.1, -0.05) is 0 Å². The number of piperazine rings is 1. The smallest absolute Gasteiger partial charge is 0.224 e. The van der Waals surface area contributed by atoms with Crippen LogP contribution in [0.15, 0.2) is 12.1 Å². The van der Waals surface area contributed by atoms with Crippen molar-refractivity contribution in [3.8, 4) is 11.5 Å². The molecule has 3 rings (SSSR count). The molecule has 0 spiro atoms. The predicted octanol–water partition coefficient (Wildman–Crippen LogP) is 2.74. The highest BCUT2D eigenvalue weighted by Gasteiger charge is 2.14. The number of nitrogens with one attached hydrogen (secondary N) is 1. The van der Waals surface area contributed by atoms with E-state index in [0.29, 0.717) is 11.5 Å². The number of nitrogens with zero attached hydrogens (tertiary/aromatic N) is 4. The Bertz CT molecular complexity index is 765. The van der Waals surface area contributed by atoms with Crippen molar-refractivity contribution in [3.63, 3.8) is 0 Å². The Kier molecular flexibility index (Phi) is 6.93. The number of unbranched alkanes of at least 4 members (excludes halogenated alkanes) is 1. The number of anilines is 1. The van der Waals surface area contributed by atoms with E-state index in [1.165, 1.54) is 0 Å². The van der Waals surface area contributed by atoms with Crippen LogP contribution in [0.4, 0.5) is 5.82 Å². The Balaban J connectivity index is 1.59. The van der Waals surface area contributed by atoms with Crippen LogP contribution in [0.2, 0.25) is 5.28 Å². The van der Waals surface area contributed by atoms with Gasteiger partial charge in [0.25, 0.3) is 0 Å². The van der Waals surface area contributed by atoms with Crippen molar-refractivity contribution in [2.75, 3.05) is 65.9 Å². The zero-order valence-electron chi connectivity index (χ0n) is 16.3. The molecule has 0 bridgehead atoms. The van der Waals surface area contributed by atoms with Crippen LogP contribution in [0.5, 0.6) is 11.5 Å². The number of benzene rings is 1. The van der Waals surface area contributed by atoms with Crippen molar-refractivity contribution in [2.24, 2.45) is 0 Å². The summed E-state index contributed by atoms with van der Waals surface area (Å²) in [5, 5.41) is 4.49. The lowest BCUT2D eigenvalue weighted by Gasteiger charge is -2.32. The monoisotopic (exact) mass is 393 g/mol. The molecule has 0 radical (unpaired) electrons. The number of fused-ring (bicyclic) bond motifs is 1. The lowest BCUT2D eigenvalue weighted by molar-refractivity contribution is 0.152. The average Bonchev–Trinajstić information content (AvgIpc) is 2.67. The second-order valence-corrected chi connectivity index (χ2v) is 7.18. The third-order valence-corrected chi connectivity index (χ3v) is 5.13. The van der Waals surface area contributed by atoms with Gasteiger partial charge in [0.2, 0.25) is 5.28 Å². The molecule has 1 aromatic heterocycles. The van der Waals surface area contributed by atoms with Crippen molar-refractivity contribution < 1.29 is 9.47 Å². The van der Waals surface area contributed by atoms with Crippen molar-refractivity contribution in [1.82, 2.24) is 19.8 Å². The molecule has 1 aliphatic heterocycles. The van der Waals surface area contributed by atoms with E-state index >= 15 is 0 Å². The zero-order valence-corrected chi connectivity index (χ0v) is 17.1. The molecular weight excluding hydrogens is 366 g/mol. The molecule has 148 valence electrons. The van der Waals surface area contributed by atoms with Gasteiger partial charge in [0.05, 0.1) is 19.7 Å². The number of likely N-dealkylation sites (N-methyl/N-ethyl adjacent to an activating group) is 1. The van der Waals surface area contributed by atoms with E-state index < -0.39 is 0 Å². The number of methoxy groups -OCH3 is 2. The minimum atomic E-state index is 0.217. The molecule has 2 aromatic rings. The van der Waals surface area contributed by atoms with Crippen LogP contribution in [0, 0.1) is 0 Å². The first kappa shape index (κ1) is 19.9. The van der Waals surface area contributed by atoms with Crippen LogP contribution < -0.4 is 14.8 Å². The summed E-state index contributed by atoms with van der Waals surface area (Å²) < 4.78 is 10.7. The van der Waals surface area contributed by atoms with E-state index in [4.69, 9.17) is 21.1 Å². The molecule has 0 amide bonds.